The zero-order valence-electron chi connectivity index (χ0n) is 8.80. The van der Waals surface area contributed by atoms with Gasteiger partial charge < -0.3 is 14.8 Å². The van der Waals surface area contributed by atoms with Crippen LogP contribution in [0.3, 0.4) is 0 Å². The second-order valence-corrected chi connectivity index (χ2v) is 3.52. The molecule has 1 aromatic heterocycles. The molecule has 0 saturated heterocycles. The number of carboxylic acid groups (broad SMARTS) is 1. The van der Waals surface area contributed by atoms with Crippen LogP contribution in [-0.2, 0) is 16.0 Å². The first-order valence-electron chi connectivity index (χ1n) is 4.88. The third-order valence-electron chi connectivity index (χ3n) is 2.47. The van der Waals surface area contributed by atoms with Crippen molar-refractivity contribution in [3.63, 3.8) is 0 Å². The van der Waals surface area contributed by atoms with Crippen molar-refractivity contribution in [2.45, 2.75) is 12.5 Å². The van der Waals surface area contributed by atoms with E-state index in [0.29, 0.717) is 6.42 Å². The minimum Gasteiger partial charge on any atom is -0.479 e. The van der Waals surface area contributed by atoms with Gasteiger partial charge >= 0.3 is 5.97 Å². The number of imidazole rings is 1. The number of rotatable bonds is 4. The number of carboxylic acids is 1. The number of nitrogens with zero attached hydrogens (tertiary/aromatic N) is 1. The zero-order valence-corrected chi connectivity index (χ0v) is 8.80. The van der Waals surface area contributed by atoms with Crippen LogP contribution in [0.25, 0.3) is 11.0 Å². The Morgan fingerprint density at radius 1 is 1.62 bits per heavy atom. The Morgan fingerprint density at radius 2 is 2.44 bits per heavy atom. The first-order valence-corrected chi connectivity index (χ1v) is 4.88. The monoisotopic (exact) mass is 220 g/mol. The van der Waals surface area contributed by atoms with Crippen molar-refractivity contribution >= 4 is 17.0 Å². The molecular weight excluding hydrogens is 208 g/mol. The number of ether oxygens (including phenoxy) is 1. The fourth-order valence-electron chi connectivity index (χ4n) is 1.60. The quantitative estimate of drug-likeness (QED) is 0.811. The zero-order chi connectivity index (χ0) is 11.5. The van der Waals surface area contributed by atoms with Crippen molar-refractivity contribution in [1.29, 1.82) is 0 Å². The van der Waals surface area contributed by atoms with Crippen LogP contribution in [-0.4, -0.2) is 34.3 Å². The lowest BCUT2D eigenvalue weighted by atomic mass is 10.1. The Labute approximate surface area is 92.1 Å². The maximum atomic E-state index is 10.8. The minimum absolute atomic E-state index is 0.348. The largest absolute Gasteiger partial charge is 0.479 e. The van der Waals surface area contributed by atoms with Crippen LogP contribution < -0.4 is 0 Å². The molecule has 0 radical (unpaired) electrons. The van der Waals surface area contributed by atoms with Gasteiger partial charge in [-0.2, -0.15) is 0 Å². The van der Waals surface area contributed by atoms with Gasteiger partial charge in [0.25, 0.3) is 0 Å². The normalized spacial score (nSPS) is 12.8. The lowest BCUT2D eigenvalue weighted by Crippen LogP contribution is -2.24. The predicted octanol–water partition coefficient (Wildman–Crippen LogP) is 1.20. The molecule has 2 N–H and O–H groups in total. The fraction of sp³-hybridized carbons (Fsp3) is 0.273. The van der Waals surface area contributed by atoms with Crippen LogP contribution in [0.5, 0.6) is 0 Å². The van der Waals surface area contributed by atoms with E-state index in [2.05, 4.69) is 9.97 Å². The topological polar surface area (TPSA) is 75.2 Å². The van der Waals surface area contributed by atoms with Crippen LogP contribution >= 0.6 is 0 Å². The van der Waals surface area contributed by atoms with Gasteiger partial charge in [-0.05, 0) is 17.7 Å². The number of methoxy groups -OCH3 is 1. The van der Waals surface area contributed by atoms with Crippen molar-refractivity contribution in [3.05, 3.63) is 30.1 Å². The first-order chi connectivity index (χ1) is 7.70. The van der Waals surface area contributed by atoms with Gasteiger partial charge in [0.1, 0.15) is 0 Å². The molecule has 0 spiro atoms. The highest BCUT2D eigenvalue weighted by molar-refractivity contribution is 5.76. The third kappa shape index (κ3) is 2.04. The molecule has 0 aliphatic rings. The van der Waals surface area contributed by atoms with Crippen LogP contribution in [0.1, 0.15) is 5.56 Å². The Bertz CT molecular complexity index is 507. The number of hydrogen-bond acceptors (Lipinski definition) is 3. The first kappa shape index (κ1) is 10.6. The van der Waals surface area contributed by atoms with Gasteiger partial charge in [0.15, 0.2) is 6.10 Å². The molecule has 0 amide bonds. The van der Waals surface area contributed by atoms with Gasteiger partial charge in [0, 0.05) is 13.5 Å². The molecule has 0 aliphatic heterocycles. The summed E-state index contributed by atoms with van der Waals surface area (Å²) in [7, 11) is 1.40. The molecule has 5 nitrogen and oxygen atoms in total. The maximum absolute atomic E-state index is 10.8. The van der Waals surface area contributed by atoms with E-state index in [0.717, 1.165) is 16.6 Å². The van der Waals surface area contributed by atoms with Gasteiger partial charge in [0.05, 0.1) is 17.4 Å². The number of fused-ring (bicyclic) bond motifs is 1. The molecule has 2 aromatic rings. The standard InChI is InChI=1S/C11H12N2O3/c1-16-10(11(14)15)5-7-2-3-8-9(4-7)13-6-12-8/h2-4,6,10H,5H2,1H3,(H,12,13)(H,14,15). The molecule has 0 bridgehead atoms. The van der Waals surface area contributed by atoms with Gasteiger partial charge in [-0.1, -0.05) is 6.07 Å². The van der Waals surface area contributed by atoms with E-state index < -0.39 is 12.1 Å². The van der Waals surface area contributed by atoms with E-state index >= 15 is 0 Å². The average molecular weight is 220 g/mol. The van der Waals surface area contributed by atoms with Crippen molar-refractivity contribution in [3.8, 4) is 0 Å². The molecule has 0 aliphatic carbocycles. The summed E-state index contributed by atoms with van der Waals surface area (Å²) in [5.74, 6) is -0.952. The van der Waals surface area contributed by atoms with E-state index in [1.54, 1.807) is 6.33 Å². The second kappa shape index (κ2) is 4.32. The van der Waals surface area contributed by atoms with E-state index in [4.69, 9.17) is 9.84 Å². The van der Waals surface area contributed by atoms with Gasteiger partial charge in [-0.3, -0.25) is 0 Å². The molecule has 1 aromatic carbocycles. The van der Waals surface area contributed by atoms with Crippen molar-refractivity contribution in [1.82, 2.24) is 9.97 Å². The molecule has 1 heterocycles. The summed E-state index contributed by atoms with van der Waals surface area (Å²) in [6.45, 7) is 0. The number of aromatic nitrogens is 2. The van der Waals surface area contributed by atoms with Crippen LogP contribution in [0.2, 0.25) is 0 Å². The number of hydrogen-bond donors (Lipinski definition) is 2. The summed E-state index contributed by atoms with van der Waals surface area (Å²) < 4.78 is 4.88. The number of H-pyrrole nitrogens is 1. The highest BCUT2D eigenvalue weighted by Gasteiger charge is 2.16. The Kier molecular flexibility index (Phi) is 2.87. The number of benzene rings is 1. The number of aromatic amines is 1. The van der Waals surface area contributed by atoms with Crippen LogP contribution in [0.15, 0.2) is 24.5 Å². The van der Waals surface area contributed by atoms with E-state index in [1.165, 1.54) is 7.11 Å². The molecule has 2 rings (SSSR count). The molecule has 0 saturated carbocycles. The Balaban J connectivity index is 2.23. The molecule has 84 valence electrons. The summed E-state index contributed by atoms with van der Waals surface area (Å²) >= 11 is 0. The summed E-state index contributed by atoms with van der Waals surface area (Å²) in [5.41, 5.74) is 2.68. The molecule has 0 fully saturated rings. The van der Waals surface area contributed by atoms with Crippen molar-refractivity contribution < 1.29 is 14.6 Å². The summed E-state index contributed by atoms with van der Waals surface area (Å²) in [4.78, 5) is 17.9. The third-order valence-corrected chi connectivity index (χ3v) is 2.47. The highest BCUT2D eigenvalue weighted by atomic mass is 16.5. The number of carbonyl (C=O) groups is 1. The van der Waals surface area contributed by atoms with E-state index in [1.807, 2.05) is 18.2 Å². The molecule has 5 heteroatoms. The van der Waals surface area contributed by atoms with Gasteiger partial charge in [0.2, 0.25) is 0 Å². The molecule has 1 atom stereocenters. The lowest BCUT2D eigenvalue weighted by Gasteiger charge is -2.09. The lowest BCUT2D eigenvalue weighted by molar-refractivity contribution is -0.148. The minimum atomic E-state index is -0.952. The summed E-state index contributed by atoms with van der Waals surface area (Å²) in [5, 5.41) is 8.86. The van der Waals surface area contributed by atoms with Gasteiger partial charge in [-0.15, -0.1) is 0 Å². The Hall–Kier alpha value is -1.88. The SMILES string of the molecule is COC(Cc1ccc2nc[nH]c2c1)C(=O)O. The van der Waals surface area contributed by atoms with Crippen molar-refractivity contribution in [2.75, 3.05) is 7.11 Å². The van der Waals surface area contributed by atoms with E-state index in [9.17, 15) is 4.79 Å². The average Bonchev–Trinajstić information content (AvgIpc) is 2.72. The van der Waals surface area contributed by atoms with Gasteiger partial charge in [-0.25, -0.2) is 9.78 Å². The summed E-state index contributed by atoms with van der Waals surface area (Å²) in [6, 6.07) is 5.60. The molecule has 1 unspecified atom stereocenters. The molecule has 16 heavy (non-hydrogen) atoms. The Morgan fingerprint density at radius 3 is 3.12 bits per heavy atom. The molecular formula is C11H12N2O3. The van der Waals surface area contributed by atoms with E-state index in [-0.39, 0.29) is 0 Å². The van der Waals surface area contributed by atoms with Crippen LogP contribution in [0, 0.1) is 0 Å². The highest BCUT2D eigenvalue weighted by Crippen LogP contribution is 2.13. The van der Waals surface area contributed by atoms with Crippen LogP contribution in [0.4, 0.5) is 0 Å². The second-order valence-electron chi connectivity index (χ2n) is 3.52. The number of aliphatic carboxylic acids is 1. The number of nitrogens with one attached hydrogen (secondary N) is 1. The van der Waals surface area contributed by atoms with Crippen molar-refractivity contribution in [2.24, 2.45) is 0 Å². The maximum Gasteiger partial charge on any atom is 0.333 e. The predicted molar refractivity (Wildman–Crippen MR) is 58.2 cm³/mol. The fourth-order valence-corrected chi connectivity index (χ4v) is 1.60. The smallest absolute Gasteiger partial charge is 0.333 e. The summed E-state index contributed by atoms with van der Waals surface area (Å²) in [6.07, 6.45) is 1.15.